The van der Waals surface area contributed by atoms with Crippen LogP contribution >= 0.6 is 11.3 Å². The fourth-order valence-corrected chi connectivity index (χ4v) is 10.3. The Bertz CT molecular complexity index is 2510. The lowest BCUT2D eigenvalue weighted by Gasteiger charge is -2.44. The molecule has 3 aliphatic rings. The highest BCUT2D eigenvalue weighted by molar-refractivity contribution is 7.18. The van der Waals surface area contributed by atoms with E-state index in [1.54, 1.807) is 56.8 Å². The van der Waals surface area contributed by atoms with Gasteiger partial charge < -0.3 is 33.8 Å². The Morgan fingerprint density at radius 2 is 1.50 bits per heavy atom. The average molecular weight is 1000 g/mol. The van der Waals surface area contributed by atoms with Crippen molar-refractivity contribution < 1.29 is 64.1 Å². The number of hydrogen-bond acceptors (Lipinski definition) is 9. The smallest absolute Gasteiger partial charge is 0.416 e. The van der Waals surface area contributed by atoms with Crippen LogP contribution < -0.4 is 5.32 Å². The number of ether oxygens (including phenoxy) is 3. The highest BCUT2D eigenvalue weighted by atomic mass is 32.1. The molecule has 2 fully saturated rings. The molecule has 20 heteroatoms. The fraction of sp³-hybridized carbons (Fsp3) is 0.480. The predicted octanol–water partition coefficient (Wildman–Crippen LogP) is 9.58. The van der Waals surface area contributed by atoms with E-state index in [-0.39, 0.29) is 43.6 Å². The molecule has 0 unspecified atom stereocenters. The van der Waals surface area contributed by atoms with Crippen LogP contribution in [0.2, 0.25) is 0 Å². The molecule has 2 aliphatic heterocycles. The first-order valence-corrected chi connectivity index (χ1v) is 23.7. The van der Waals surface area contributed by atoms with E-state index in [9.17, 15) is 49.9 Å². The zero-order valence-electron chi connectivity index (χ0n) is 39.5. The number of benzene rings is 3. The largest absolute Gasteiger partial charge is 0.444 e. The van der Waals surface area contributed by atoms with Crippen molar-refractivity contribution in [2.75, 3.05) is 72.0 Å². The van der Waals surface area contributed by atoms with E-state index in [0.29, 0.717) is 86.0 Å². The van der Waals surface area contributed by atoms with Crippen molar-refractivity contribution in [2.45, 2.75) is 87.9 Å². The number of hydrogen-bond donors (Lipinski definition) is 1. The van der Waals surface area contributed by atoms with Crippen molar-refractivity contribution in [1.82, 2.24) is 19.6 Å². The van der Waals surface area contributed by atoms with Gasteiger partial charge in [-0.15, -0.1) is 11.3 Å². The first kappa shape index (κ1) is 52.3. The summed E-state index contributed by atoms with van der Waals surface area (Å²) >= 11 is 1.14. The van der Waals surface area contributed by atoms with E-state index in [4.69, 9.17) is 14.2 Å². The monoisotopic (exact) mass is 1000 g/mol. The summed E-state index contributed by atoms with van der Waals surface area (Å²) in [6.45, 7) is 6.87. The summed E-state index contributed by atoms with van der Waals surface area (Å²) in [5.74, 6) is -2.04. The first-order valence-electron chi connectivity index (χ1n) is 22.9. The lowest BCUT2D eigenvalue weighted by Crippen LogP contribution is -2.50. The van der Waals surface area contributed by atoms with Gasteiger partial charge in [0.05, 0.1) is 33.7 Å². The number of nitrogens with one attached hydrogen (secondary N) is 1. The van der Waals surface area contributed by atoms with Crippen LogP contribution in [0.15, 0.2) is 78.9 Å². The van der Waals surface area contributed by atoms with Crippen LogP contribution in [0.1, 0.15) is 94.3 Å². The van der Waals surface area contributed by atoms with Crippen LogP contribution in [0.3, 0.4) is 0 Å². The molecule has 1 aliphatic carbocycles. The van der Waals surface area contributed by atoms with E-state index < -0.39 is 70.2 Å². The molecule has 2 atom stereocenters. The Labute approximate surface area is 405 Å². The highest BCUT2D eigenvalue weighted by Crippen LogP contribution is 2.48. The van der Waals surface area contributed by atoms with Crippen molar-refractivity contribution in [2.24, 2.45) is 0 Å². The number of carbonyl (C=O) groups is 4. The number of alkyl halides is 6. The number of thiophene rings is 1. The van der Waals surface area contributed by atoms with Gasteiger partial charge in [-0.2, -0.15) is 26.3 Å². The third-order valence-electron chi connectivity index (χ3n) is 13.2. The molecule has 3 heterocycles. The summed E-state index contributed by atoms with van der Waals surface area (Å²) in [6.07, 6.45) is -8.47. The normalized spacial score (nSPS) is 19.3. The van der Waals surface area contributed by atoms with Crippen LogP contribution in [0, 0.1) is 5.82 Å². The number of rotatable bonds is 14. The zero-order chi connectivity index (χ0) is 50.8. The van der Waals surface area contributed by atoms with Gasteiger partial charge >= 0.3 is 18.4 Å². The van der Waals surface area contributed by atoms with Crippen LogP contribution in [0.25, 0.3) is 0 Å². The second-order valence-electron chi connectivity index (χ2n) is 19.2. The van der Waals surface area contributed by atoms with Crippen molar-refractivity contribution in [3.05, 3.63) is 123 Å². The molecule has 3 aromatic carbocycles. The molecule has 0 saturated carbocycles. The molecule has 1 spiro atoms. The molecule has 2 saturated heterocycles. The second-order valence-corrected chi connectivity index (χ2v) is 20.3. The lowest BCUT2D eigenvalue weighted by molar-refractivity contribution is -0.143. The third-order valence-corrected chi connectivity index (χ3v) is 14.2. The van der Waals surface area contributed by atoms with Gasteiger partial charge in [-0.3, -0.25) is 19.7 Å². The SMILES string of the molecule is CN(CCCN(C)C(=O)c1ccc(NC(=O)OC(C)(C)C)s1)C(=O)CO[C@H]1Cc2ccccc2C12CCN(CC[C@@]1(c3ccc(F)cc3)CN(C(=O)c3cc(C(F)(F)F)cc(C(F)(F)F)c3)CO1)CC2. The average Bonchev–Trinajstić information content (AvgIpc) is 4.03. The number of piperidine rings is 1. The summed E-state index contributed by atoms with van der Waals surface area (Å²) in [5.41, 5.74) is -3.55. The maximum Gasteiger partial charge on any atom is 0.416 e. The van der Waals surface area contributed by atoms with Gasteiger partial charge in [0.25, 0.3) is 11.8 Å². The second kappa shape index (κ2) is 20.6. The van der Waals surface area contributed by atoms with E-state index in [1.807, 2.05) is 12.1 Å². The molecule has 70 heavy (non-hydrogen) atoms. The minimum Gasteiger partial charge on any atom is -0.444 e. The van der Waals surface area contributed by atoms with Gasteiger partial charge in [0, 0.05) is 44.7 Å². The number of carbonyl (C=O) groups excluding carboxylic acids is 4. The topological polar surface area (TPSA) is 121 Å². The Morgan fingerprint density at radius 1 is 0.857 bits per heavy atom. The number of likely N-dealkylation sites (N-methyl/N-ethyl adjacent to an activating group) is 1. The summed E-state index contributed by atoms with van der Waals surface area (Å²) < 4.78 is 114. The summed E-state index contributed by atoms with van der Waals surface area (Å²) in [7, 11) is 3.36. The van der Waals surface area contributed by atoms with Gasteiger partial charge in [-0.05, 0) is 125 Å². The van der Waals surface area contributed by atoms with Crippen molar-refractivity contribution in [1.29, 1.82) is 0 Å². The molecular formula is C50H56F7N5O7S. The van der Waals surface area contributed by atoms with Crippen LogP contribution in [-0.4, -0.2) is 122 Å². The number of nitrogens with zero attached hydrogens (tertiary/aromatic N) is 4. The quantitative estimate of drug-likeness (QED) is 0.124. The van der Waals surface area contributed by atoms with Gasteiger partial charge in [-0.1, -0.05) is 36.4 Å². The number of amides is 4. The lowest BCUT2D eigenvalue weighted by atomic mass is 9.72. The van der Waals surface area contributed by atoms with Crippen molar-refractivity contribution in [3.8, 4) is 0 Å². The van der Waals surface area contributed by atoms with Crippen molar-refractivity contribution in [3.63, 3.8) is 0 Å². The van der Waals surface area contributed by atoms with E-state index in [2.05, 4.69) is 22.3 Å². The minimum atomic E-state index is -5.14. The van der Waals surface area contributed by atoms with Crippen LogP contribution in [0.4, 0.5) is 40.5 Å². The van der Waals surface area contributed by atoms with Crippen molar-refractivity contribution >= 4 is 40.2 Å². The maximum absolute atomic E-state index is 14.1. The summed E-state index contributed by atoms with van der Waals surface area (Å²) in [5, 5.41) is 3.12. The molecule has 7 rings (SSSR count). The molecule has 0 radical (unpaired) electrons. The molecule has 0 bridgehead atoms. The standard InChI is InChI=1S/C50H56F7N5O7S/c1-46(2,3)69-45(66)58-41-16-15-39(70-41)44(65)60(5)21-8-20-59(4)42(63)29-67-40-27-32-9-6-7-10-38(32)47(40)17-22-61(23-18-47)24-19-48(34-11-13-37(51)14-12-34)30-62(31-68-48)43(64)33-25-35(49(52,53)54)28-36(26-33)50(55,56)57/h6-7,9-16,25-26,28,40H,8,17-24,27,29-31H2,1-5H3,(H,58,66)/t40-,48-/m0/s1. The van der Waals surface area contributed by atoms with Crippen LogP contribution in [-0.2, 0) is 48.8 Å². The fourth-order valence-electron chi connectivity index (χ4n) is 9.46. The van der Waals surface area contributed by atoms with Gasteiger partial charge in [-0.25, -0.2) is 9.18 Å². The summed E-state index contributed by atoms with van der Waals surface area (Å²) in [6, 6.07) is 17.6. The molecule has 4 aromatic rings. The number of fused-ring (bicyclic) bond motifs is 2. The first-order chi connectivity index (χ1) is 32.9. The third kappa shape index (κ3) is 12.1. The highest BCUT2D eigenvalue weighted by Gasteiger charge is 2.50. The Morgan fingerprint density at radius 3 is 2.14 bits per heavy atom. The number of anilines is 1. The van der Waals surface area contributed by atoms with Gasteiger partial charge in [0.1, 0.15) is 30.4 Å². The van der Waals surface area contributed by atoms with E-state index in [0.717, 1.165) is 27.4 Å². The molecule has 1 aromatic heterocycles. The van der Waals surface area contributed by atoms with E-state index in [1.165, 1.54) is 24.3 Å². The maximum atomic E-state index is 14.1. The number of halogens is 7. The zero-order valence-corrected chi connectivity index (χ0v) is 40.3. The Balaban J connectivity index is 0.946. The van der Waals surface area contributed by atoms with Gasteiger partial charge in [0.15, 0.2) is 0 Å². The summed E-state index contributed by atoms with van der Waals surface area (Å²) in [4.78, 5) is 59.3. The Kier molecular flexibility index (Phi) is 15.4. The van der Waals surface area contributed by atoms with Gasteiger partial charge in [0.2, 0.25) is 5.91 Å². The molecule has 4 amide bonds. The Hall–Kier alpha value is -5.57. The number of likely N-dealkylation sites (tertiary alicyclic amines) is 1. The predicted molar refractivity (Wildman–Crippen MR) is 247 cm³/mol. The molecular weight excluding hydrogens is 948 g/mol. The minimum absolute atomic E-state index is 0.0326. The molecule has 378 valence electrons. The van der Waals surface area contributed by atoms with E-state index >= 15 is 0 Å². The molecule has 12 nitrogen and oxygen atoms in total. The van der Waals surface area contributed by atoms with Crippen LogP contribution in [0.5, 0.6) is 0 Å². The molecule has 1 N–H and O–H groups in total.